The molecule has 0 saturated carbocycles. The van der Waals surface area contributed by atoms with Gasteiger partial charge >= 0.3 is 0 Å². The fourth-order valence-corrected chi connectivity index (χ4v) is 5.24. The summed E-state index contributed by atoms with van der Waals surface area (Å²) in [5, 5.41) is 6.47. The van der Waals surface area contributed by atoms with E-state index in [1.807, 2.05) is 0 Å². The van der Waals surface area contributed by atoms with E-state index in [0.29, 0.717) is 22.6 Å². The monoisotopic (exact) mass is 486 g/mol. The maximum absolute atomic E-state index is 14.3. The predicted octanol–water partition coefficient (Wildman–Crippen LogP) is 2.98. The number of amides is 2. The number of aromatic nitrogens is 2. The van der Waals surface area contributed by atoms with Crippen molar-refractivity contribution in [3.8, 4) is 11.4 Å². The van der Waals surface area contributed by atoms with Crippen LogP contribution >= 0.6 is 0 Å². The van der Waals surface area contributed by atoms with Crippen molar-refractivity contribution in [3.05, 3.63) is 60.2 Å². The fourth-order valence-electron chi connectivity index (χ4n) is 3.75. The molecule has 1 aliphatic rings. The molecule has 0 bridgehead atoms. The van der Waals surface area contributed by atoms with Crippen LogP contribution in [0.25, 0.3) is 11.4 Å². The second-order valence-electron chi connectivity index (χ2n) is 8.16. The molecular formula is C23H23FN4O5S. The van der Waals surface area contributed by atoms with Crippen LogP contribution in [0.4, 0.5) is 15.8 Å². The van der Waals surface area contributed by atoms with Gasteiger partial charge in [-0.05, 0) is 61.7 Å². The first-order valence-corrected chi connectivity index (χ1v) is 12.5. The summed E-state index contributed by atoms with van der Waals surface area (Å²) in [7, 11) is -3.16. The molecule has 1 aromatic heterocycles. The summed E-state index contributed by atoms with van der Waals surface area (Å²) in [6, 6.07) is 11.1. The Morgan fingerprint density at radius 2 is 1.85 bits per heavy atom. The van der Waals surface area contributed by atoms with Crippen molar-refractivity contribution in [1.29, 1.82) is 0 Å². The van der Waals surface area contributed by atoms with Gasteiger partial charge in [0, 0.05) is 22.9 Å². The molecule has 0 unspecified atom stereocenters. The number of carbonyl (C=O) groups excluding carboxylic acids is 2. The van der Waals surface area contributed by atoms with Crippen LogP contribution in [0.2, 0.25) is 0 Å². The molecule has 0 aliphatic carbocycles. The van der Waals surface area contributed by atoms with Crippen LogP contribution in [0.1, 0.15) is 18.4 Å². The Morgan fingerprint density at radius 3 is 2.47 bits per heavy atom. The summed E-state index contributed by atoms with van der Waals surface area (Å²) in [4.78, 5) is 31.3. The number of hydrogen-bond donors (Lipinski definition) is 1. The van der Waals surface area contributed by atoms with E-state index in [-0.39, 0.29) is 36.6 Å². The topological polar surface area (TPSA) is 122 Å². The van der Waals surface area contributed by atoms with Gasteiger partial charge in [0.15, 0.2) is 0 Å². The van der Waals surface area contributed by atoms with Gasteiger partial charge in [0.05, 0.1) is 11.5 Å². The lowest BCUT2D eigenvalue weighted by molar-refractivity contribution is -0.124. The standard InChI is InChI=1S/C23H23FN4O5S/c1-15-2-7-19(12-20(15)24)28(23(30)17-8-10-34(31,32)11-9-17)13-21(29)26-18-5-3-16(4-6-18)22-25-14-33-27-22/h2-7,12,14,17H,8-11,13H2,1H3,(H,26,29). The van der Waals surface area contributed by atoms with E-state index in [2.05, 4.69) is 15.5 Å². The van der Waals surface area contributed by atoms with Gasteiger partial charge in [0.25, 0.3) is 0 Å². The van der Waals surface area contributed by atoms with Crippen LogP contribution in [0, 0.1) is 18.7 Å². The van der Waals surface area contributed by atoms with Crippen molar-refractivity contribution in [2.45, 2.75) is 19.8 Å². The largest absolute Gasteiger partial charge is 0.342 e. The van der Waals surface area contributed by atoms with Crippen molar-refractivity contribution in [3.63, 3.8) is 0 Å². The number of sulfone groups is 1. The number of halogens is 1. The maximum Gasteiger partial charge on any atom is 0.244 e. The third-order valence-electron chi connectivity index (χ3n) is 5.73. The Morgan fingerprint density at radius 1 is 1.15 bits per heavy atom. The zero-order chi connectivity index (χ0) is 24.3. The molecule has 0 spiro atoms. The molecule has 0 radical (unpaired) electrons. The zero-order valence-corrected chi connectivity index (χ0v) is 19.2. The minimum Gasteiger partial charge on any atom is -0.342 e. The maximum atomic E-state index is 14.3. The van der Waals surface area contributed by atoms with Crippen LogP contribution < -0.4 is 10.2 Å². The number of carbonyl (C=O) groups is 2. The highest BCUT2D eigenvalue weighted by molar-refractivity contribution is 7.91. The van der Waals surface area contributed by atoms with Crippen LogP contribution in [-0.4, -0.2) is 48.4 Å². The highest BCUT2D eigenvalue weighted by atomic mass is 32.2. The lowest BCUT2D eigenvalue weighted by Gasteiger charge is -2.29. The van der Waals surface area contributed by atoms with Crippen LogP contribution in [0.3, 0.4) is 0 Å². The van der Waals surface area contributed by atoms with E-state index in [0.717, 1.165) is 0 Å². The summed E-state index contributed by atoms with van der Waals surface area (Å²) in [5.41, 5.74) is 1.84. The van der Waals surface area contributed by atoms with Crippen molar-refractivity contribution >= 4 is 33.0 Å². The van der Waals surface area contributed by atoms with E-state index in [1.54, 1.807) is 37.3 Å². The minimum absolute atomic E-state index is 0.0849. The van der Waals surface area contributed by atoms with Gasteiger partial charge in [-0.2, -0.15) is 4.98 Å². The summed E-state index contributed by atoms with van der Waals surface area (Å²) in [6.45, 7) is 1.25. The number of aryl methyl sites for hydroxylation is 1. The normalized spacial score (nSPS) is 15.6. The van der Waals surface area contributed by atoms with Gasteiger partial charge < -0.3 is 14.7 Å². The van der Waals surface area contributed by atoms with Crippen molar-refractivity contribution in [1.82, 2.24) is 10.1 Å². The SMILES string of the molecule is Cc1ccc(N(CC(=O)Nc2ccc(-c3ncon3)cc2)C(=O)C2CCS(=O)(=O)CC2)cc1F. The quantitative estimate of drug-likeness (QED) is 0.568. The summed E-state index contributed by atoms with van der Waals surface area (Å²) >= 11 is 0. The molecule has 1 saturated heterocycles. The fraction of sp³-hybridized carbons (Fsp3) is 0.304. The smallest absolute Gasteiger partial charge is 0.244 e. The van der Waals surface area contributed by atoms with Gasteiger partial charge in [0.2, 0.25) is 24.0 Å². The average Bonchev–Trinajstić information content (AvgIpc) is 3.34. The van der Waals surface area contributed by atoms with Gasteiger partial charge in [0.1, 0.15) is 22.2 Å². The molecule has 1 fully saturated rings. The van der Waals surface area contributed by atoms with Gasteiger partial charge in [-0.1, -0.05) is 11.2 Å². The molecule has 9 nitrogen and oxygen atoms in total. The average molecular weight is 487 g/mol. The molecule has 2 heterocycles. The lowest BCUT2D eigenvalue weighted by atomic mass is 10.0. The molecule has 4 rings (SSSR count). The van der Waals surface area contributed by atoms with Crippen LogP contribution in [-0.2, 0) is 19.4 Å². The van der Waals surface area contributed by atoms with Gasteiger partial charge in [-0.3, -0.25) is 9.59 Å². The van der Waals surface area contributed by atoms with E-state index < -0.39 is 33.4 Å². The number of nitrogens with zero attached hydrogens (tertiary/aromatic N) is 3. The van der Waals surface area contributed by atoms with Crippen molar-refractivity contribution in [2.75, 3.05) is 28.3 Å². The highest BCUT2D eigenvalue weighted by Gasteiger charge is 2.33. The van der Waals surface area contributed by atoms with Gasteiger partial charge in [-0.15, -0.1) is 0 Å². The Hall–Kier alpha value is -3.60. The molecule has 0 atom stereocenters. The van der Waals surface area contributed by atoms with Crippen LogP contribution in [0.15, 0.2) is 53.4 Å². The summed E-state index contributed by atoms with van der Waals surface area (Å²) in [6.07, 6.45) is 1.56. The van der Waals surface area contributed by atoms with E-state index in [9.17, 15) is 22.4 Å². The predicted molar refractivity (Wildman–Crippen MR) is 123 cm³/mol. The molecule has 2 amide bonds. The Labute approximate surface area is 195 Å². The van der Waals surface area contributed by atoms with Crippen LogP contribution in [0.5, 0.6) is 0 Å². The third-order valence-corrected chi connectivity index (χ3v) is 7.44. The second-order valence-corrected chi connectivity index (χ2v) is 10.5. The molecule has 1 N–H and O–H groups in total. The number of anilines is 2. The first kappa shape index (κ1) is 23.6. The summed E-state index contributed by atoms with van der Waals surface area (Å²) in [5.74, 6) is -1.71. The molecular weight excluding hydrogens is 463 g/mol. The molecule has 11 heteroatoms. The second kappa shape index (κ2) is 9.72. The van der Waals surface area contributed by atoms with E-state index in [4.69, 9.17) is 4.52 Å². The Balaban J connectivity index is 1.51. The molecule has 178 valence electrons. The van der Waals surface area contributed by atoms with E-state index >= 15 is 0 Å². The minimum atomic E-state index is -3.16. The van der Waals surface area contributed by atoms with Gasteiger partial charge in [-0.25, -0.2) is 12.8 Å². The lowest BCUT2D eigenvalue weighted by Crippen LogP contribution is -2.43. The number of rotatable bonds is 6. The third kappa shape index (κ3) is 5.48. The Kier molecular flexibility index (Phi) is 6.73. The highest BCUT2D eigenvalue weighted by Crippen LogP contribution is 2.26. The van der Waals surface area contributed by atoms with Crippen molar-refractivity contribution < 1.29 is 26.9 Å². The Bertz CT molecular complexity index is 1280. The number of nitrogens with one attached hydrogen (secondary N) is 1. The molecule has 2 aromatic carbocycles. The van der Waals surface area contributed by atoms with E-state index in [1.165, 1.54) is 23.4 Å². The zero-order valence-electron chi connectivity index (χ0n) is 18.4. The first-order valence-electron chi connectivity index (χ1n) is 10.7. The van der Waals surface area contributed by atoms with Crippen molar-refractivity contribution in [2.24, 2.45) is 5.92 Å². The number of benzene rings is 2. The summed E-state index contributed by atoms with van der Waals surface area (Å²) < 4.78 is 42.5. The first-order chi connectivity index (χ1) is 16.2. The number of hydrogen-bond acceptors (Lipinski definition) is 7. The molecule has 1 aliphatic heterocycles. The molecule has 3 aromatic rings. The molecule has 34 heavy (non-hydrogen) atoms.